The second-order valence-corrected chi connectivity index (χ2v) is 11.2. The topological polar surface area (TPSA) is 149 Å². The van der Waals surface area contributed by atoms with E-state index < -0.39 is 56.4 Å². The van der Waals surface area contributed by atoms with Crippen LogP contribution in [0.1, 0.15) is 34.6 Å². The number of carboxylic acids is 1. The van der Waals surface area contributed by atoms with Crippen molar-refractivity contribution < 1.29 is 32.6 Å². The van der Waals surface area contributed by atoms with Gasteiger partial charge < -0.3 is 14.7 Å². The van der Waals surface area contributed by atoms with Crippen LogP contribution in [0.4, 0.5) is 0 Å². The molecular weight excluding hydrogens is 488 g/mol. The first-order valence-corrected chi connectivity index (χ1v) is 12.8. The molecule has 186 valence electrons. The number of nitrogens with zero attached hydrogens (tertiary/aromatic N) is 4. The molecule has 2 aliphatic rings. The van der Waals surface area contributed by atoms with Gasteiger partial charge in [-0.1, -0.05) is 65.9 Å². The number of aromatic carboxylic acids is 1. The number of sulfone groups is 1. The maximum absolute atomic E-state index is 13.4. The van der Waals surface area contributed by atoms with Crippen LogP contribution in [0.25, 0.3) is 0 Å². The molecule has 1 aromatic heterocycles. The molecule has 3 heterocycles. The van der Waals surface area contributed by atoms with Gasteiger partial charge in [0.15, 0.2) is 21.6 Å². The molecule has 0 aliphatic carbocycles. The van der Waals surface area contributed by atoms with Crippen molar-refractivity contribution >= 4 is 27.7 Å². The fraction of sp³-hybridized carbons (Fsp3) is 0.292. The lowest BCUT2D eigenvalue weighted by Gasteiger charge is -2.42. The predicted molar refractivity (Wildman–Crippen MR) is 124 cm³/mol. The molecule has 1 N–H and O–H groups in total. The van der Waals surface area contributed by atoms with Gasteiger partial charge in [-0.3, -0.25) is 9.48 Å². The van der Waals surface area contributed by atoms with Crippen LogP contribution < -0.4 is 0 Å². The highest BCUT2D eigenvalue weighted by molar-refractivity contribution is 7.93. The van der Waals surface area contributed by atoms with Gasteiger partial charge in [-0.25, -0.2) is 18.0 Å². The fourth-order valence-electron chi connectivity index (χ4n) is 4.79. The second-order valence-electron chi connectivity index (χ2n) is 8.75. The van der Waals surface area contributed by atoms with Crippen molar-refractivity contribution in [3.05, 3.63) is 83.7 Å². The first kappa shape index (κ1) is 23.7. The van der Waals surface area contributed by atoms with Crippen LogP contribution in [0, 0.1) is 5.92 Å². The van der Waals surface area contributed by atoms with Crippen molar-refractivity contribution in [2.75, 3.05) is 0 Å². The summed E-state index contributed by atoms with van der Waals surface area (Å²) in [7, 11) is -3.91. The molecule has 1 amide bonds. The van der Waals surface area contributed by atoms with Gasteiger partial charge in [0.25, 0.3) is 0 Å². The highest BCUT2D eigenvalue weighted by atomic mass is 32.2. The fourth-order valence-corrected chi connectivity index (χ4v) is 7.04. The van der Waals surface area contributed by atoms with Crippen molar-refractivity contribution in [1.29, 1.82) is 0 Å². The zero-order valence-corrected chi connectivity index (χ0v) is 19.9. The second kappa shape index (κ2) is 8.86. The molecule has 5 rings (SSSR count). The van der Waals surface area contributed by atoms with Crippen LogP contribution in [0.3, 0.4) is 0 Å². The summed E-state index contributed by atoms with van der Waals surface area (Å²) in [5.41, 5.74) is 1.08. The lowest BCUT2D eigenvalue weighted by Crippen LogP contribution is -2.64. The number of esters is 1. The van der Waals surface area contributed by atoms with E-state index in [-0.39, 0.29) is 12.2 Å². The largest absolute Gasteiger partial charge is 0.476 e. The molecule has 4 atom stereocenters. The lowest BCUT2D eigenvalue weighted by molar-refractivity contribution is -0.168. The van der Waals surface area contributed by atoms with Crippen LogP contribution >= 0.6 is 0 Å². The third-order valence-corrected chi connectivity index (χ3v) is 9.13. The highest BCUT2D eigenvalue weighted by Gasteiger charge is 2.67. The Hall–Kier alpha value is -4.06. The number of carbonyl (C=O) groups excluding carboxylic acids is 2. The molecule has 0 saturated carbocycles. The van der Waals surface area contributed by atoms with E-state index in [1.165, 1.54) is 6.92 Å². The van der Waals surface area contributed by atoms with Crippen LogP contribution in [0.15, 0.2) is 66.9 Å². The van der Waals surface area contributed by atoms with Gasteiger partial charge in [0.2, 0.25) is 5.91 Å². The molecule has 2 aromatic carbocycles. The Kier molecular flexibility index (Phi) is 5.83. The number of rotatable bonds is 7. The molecular formula is C24H22N4O7S. The van der Waals surface area contributed by atoms with Gasteiger partial charge in [-0.15, -0.1) is 5.10 Å². The van der Waals surface area contributed by atoms with E-state index in [2.05, 4.69) is 10.3 Å². The maximum atomic E-state index is 13.4. The summed E-state index contributed by atoms with van der Waals surface area (Å²) in [6.07, 6.45) is 0.338. The summed E-state index contributed by atoms with van der Waals surface area (Å²) in [6.45, 7) is 1.21. The average molecular weight is 511 g/mol. The SMILES string of the molecule is C[C@@H]1[C@H](C(=O)OC(c2ccccc2)c2ccccc2)N2C(=O)C(Cn3cc(C(=O)O)nn3)[C@@H]2S1(=O)=O. The molecule has 0 radical (unpaired) electrons. The van der Waals surface area contributed by atoms with Crippen molar-refractivity contribution in [3.63, 3.8) is 0 Å². The van der Waals surface area contributed by atoms with E-state index in [1.54, 1.807) is 48.5 Å². The first-order valence-electron chi connectivity index (χ1n) is 11.2. The highest BCUT2D eigenvalue weighted by Crippen LogP contribution is 2.44. The van der Waals surface area contributed by atoms with Gasteiger partial charge in [0.1, 0.15) is 11.4 Å². The Morgan fingerprint density at radius 1 is 1.06 bits per heavy atom. The first-order chi connectivity index (χ1) is 17.2. The summed E-state index contributed by atoms with van der Waals surface area (Å²) in [5, 5.41) is 13.8. The number of fused-ring (bicyclic) bond motifs is 1. The molecule has 0 spiro atoms. The summed E-state index contributed by atoms with van der Waals surface area (Å²) in [5.74, 6) is -3.66. The van der Waals surface area contributed by atoms with E-state index in [0.717, 1.165) is 15.8 Å². The smallest absolute Gasteiger partial charge is 0.358 e. The number of aromatic nitrogens is 3. The molecule has 11 nitrogen and oxygen atoms in total. The molecule has 12 heteroatoms. The zero-order valence-electron chi connectivity index (χ0n) is 19.0. The predicted octanol–water partition coefficient (Wildman–Crippen LogP) is 1.28. The molecule has 2 fully saturated rings. The van der Waals surface area contributed by atoms with E-state index in [0.29, 0.717) is 11.1 Å². The van der Waals surface area contributed by atoms with Crippen LogP contribution in [0.2, 0.25) is 0 Å². The van der Waals surface area contributed by atoms with E-state index in [4.69, 9.17) is 9.84 Å². The van der Waals surface area contributed by atoms with Crippen LogP contribution in [-0.4, -0.2) is 67.9 Å². The maximum Gasteiger partial charge on any atom is 0.358 e. The minimum Gasteiger partial charge on any atom is -0.476 e. The number of ether oxygens (including phenoxy) is 1. The molecule has 2 saturated heterocycles. The Morgan fingerprint density at radius 2 is 1.64 bits per heavy atom. The van der Waals surface area contributed by atoms with Gasteiger partial charge in [-0.05, 0) is 18.1 Å². The number of benzene rings is 2. The van der Waals surface area contributed by atoms with E-state index in [9.17, 15) is 22.8 Å². The third kappa shape index (κ3) is 3.83. The molecule has 3 aromatic rings. The van der Waals surface area contributed by atoms with Crippen molar-refractivity contribution in [2.45, 2.75) is 36.2 Å². The monoisotopic (exact) mass is 510 g/mol. The Bertz CT molecular complexity index is 1390. The van der Waals surface area contributed by atoms with Gasteiger partial charge in [0.05, 0.1) is 23.9 Å². The van der Waals surface area contributed by atoms with Crippen molar-refractivity contribution in [3.8, 4) is 0 Å². The molecule has 36 heavy (non-hydrogen) atoms. The summed E-state index contributed by atoms with van der Waals surface area (Å²) < 4.78 is 33.4. The van der Waals surface area contributed by atoms with E-state index in [1.807, 2.05) is 12.1 Å². The molecule has 2 aliphatic heterocycles. The van der Waals surface area contributed by atoms with Crippen LogP contribution in [-0.2, 0) is 30.7 Å². The number of hydrogen-bond acceptors (Lipinski definition) is 8. The van der Waals surface area contributed by atoms with E-state index >= 15 is 0 Å². The van der Waals surface area contributed by atoms with Crippen molar-refractivity contribution in [2.24, 2.45) is 5.92 Å². The number of β-lactam (4-membered cyclic amide) rings is 1. The minimum atomic E-state index is -3.91. The van der Waals surface area contributed by atoms with Gasteiger partial charge >= 0.3 is 11.9 Å². The summed E-state index contributed by atoms with van der Waals surface area (Å²) in [6, 6.07) is 16.8. The Balaban J connectivity index is 1.40. The van der Waals surface area contributed by atoms with Crippen molar-refractivity contribution in [1.82, 2.24) is 19.9 Å². The normalized spacial score (nSPS) is 24.3. The average Bonchev–Trinajstić information content (AvgIpc) is 3.42. The van der Waals surface area contributed by atoms with Crippen LogP contribution in [0.5, 0.6) is 0 Å². The Labute approximate surface area is 206 Å². The minimum absolute atomic E-state index is 0.176. The number of amides is 1. The molecule has 0 bridgehead atoms. The Morgan fingerprint density at radius 3 is 2.17 bits per heavy atom. The molecule has 1 unspecified atom stereocenters. The zero-order chi connectivity index (χ0) is 25.6. The van der Waals surface area contributed by atoms with Gasteiger partial charge in [-0.2, -0.15) is 0 Å². The quantitative estimate of drug-likeness (QED) is 0.366. The van der Waals surface area contributed by atoms with Gasteiger partial charge in [0, 0.05) is 0 Å². The number of hydrogen-bond donors (Lipinski definition) is 1. The third-order valence-electron chi connectivity index (χ3n) is 6.61. The lowest BCUT2D eigenvalue weighted by atomic mass is 9.95. The summed E-state index contributed by atoms with van der Waals surface area (Å²) >= 11 is 0. The standard InChI is InChI=1S/C24H22N4O7S/c1-14-19(24(32)35-20(15-8-4-2-5-9-15)16-10-6-3-7-11-16)28-21(29)17(22(28)36(14,33)34)12-27-13-18(23(30)31)25-26-27/h2-11,13-14,17,19-20,22H,12H2,1H3,(H,30,31)/t14-,17?,19-,22+/m1/s1. The summed E-state index contributed by atoms with van der Waals surface area (Å²) in [4.78, 5) is 38.6. The number of carbonyl (C=O) groups is 3. The number of carboxylic acid groups (broad SMARTS) is 1.